The number of methoxy groups -OCH3 is 1. The van der Waals surface area contributed by atoms with E-state index in [0.717, 1.165) is 0 Å². The number of carbonyl (C=O) groups is 2. The van der Waals surface area contributed by atoms with Gasteiger partial charge in [-0.05, 0) is 13.0 Å². The molecule has 8 heteroatoms. The van der Waals surface area contributed by atoms with Crippen LogP contribution in [0.3, 0.4) is 0 Å². The number of carboxylic acids is 1. The number of nitrogens with zero attached hydrogens (tertiary/aromatic N) is 3. The van der Waals surface area contributed by atoms with Gasteiger partial charge in [-0.25, -0.2) is 14.8 Å². The van der Waals surface area contributed by atoms with E-state index in [-0.39, 0.29) is 19.1 Å². The molecule has 0 aliphatic carbocycles. The summed E-state index contributed by atoms with van der Waals surface area (Å²) in [7, 11) is 1.52. The van der Waals surface area contributed by atoms with E-state index in [1.165, 1.54) is 18.2 Å². The lowest BCUT2D eigenvalue weighted by Gasteiger charge is -2.38. The first-order valence-electron chi connectivity index (χ1n) is 6.47. The number of aromatic nitrogens is 2. The van der Waals surface area contributed by atoms with Crippen molar-refractivity contribution < 1.29 is 24.2 Å². The van der Waals surface area contributed by atoms with Gasteiger partial charge >= 0.3 is 5.97 Å². The van der Waals surface area contributed by atoms with Gasteiger partial charge in [0, 0.05) is 19.9 Å². The summed E-state index contributed by atoms with van der Waals surface area (Å²) < 4.78 is 10.2. The maximum Gasteiger partial charge on any atom is 0.335 e. The molecule has 0 aromatic carbocycles. The first-order chi connectivity index (χ1) is 10.0. The van der Waals surface area contributed by atoms with Gasteiger partial charge in [-0.1, -0.05) is 0 Å². The van der Waals surface area contributed by atoms with Gasteiger partial charge in [-0.2, -0.15) is 0 Å². The minimum absolute atomic E-state index is 0.263. The second-order valence-electron chi connectivity index (χ2n) is 4.62. The van der Waals surface area contributed by atoms with Crippen molar-refractivity contribution in [1.82, 2.24) is 14.9 Å². The smallest absolute Gasteiger partial charge is 0.335 e. The van der Waals surface area contributed by atoms with Crippen molar-refractivity contribution in [3.63, 3.8) is 0 Å². The third-order valence-corrected chi connectivity index (χ3v) is 3.21. The molecule has 2 rings (SSSR count). The predicted octanol–water partition coefficient (Wildman–Crippen LogP) is -0.215. The number of hydrogen-bond donors (Lipinski definition) is 1. The van der Waals surface area contributed by atoms with Gasteiger partial charge in [-0.15, -0.1) is 0 Å². The Kier molecular flexibility index (Phi) is 4.81. The molecular weight excluding hydrogens is 278 g/mol. The average molecular weight is 295 g/mol. The summed E-state index contributed by atoms with van der Waals surface area (Å²) in [4.78, 5) is 33.1. The molecule has 1 fully saturated rings. The van der Waals surface area contributed by atoms with Crippen molar-refractivity contribution in [2.75, 3.05) is 26.9 Å². The highest BCUT2D eigenvalue weighted by molar-refractivity contribution is 5.82. The van der Waals surface area contributed by atoms with Crippen LogP contribution in [-0.2, 0) is 19.1 Å². The molecule has 1 amide bonds. The van der Waals surface area contributed by atoms with Crippen molar-refractivity contribution in [2.45, 2.75) is 19.1 Å². The van der Waals surface area contributed by atoms with E-state index in [4.69, 9.17) is 9.47 Å². The Labute approximate surface area is 121 Å². The lowest BCUT2D eigenvalue weighted by Crippen LogP contribution is -2.53. The van der Waals surface area contributed by atoms with Crippen molar-refractivity contribution in [3.05, 3.63) is 23.8 Å². The molecule has 2 atom stereocenters. The van der Waals surface area contributed by atoms with Crippen LogP contribution in [0, 0.1) is 6.92 Å². The minimum atomic E-state index is -1.16. The van der Waals surface area contributed by atoms with Crippen molar-refractivity contribution in [2.24, 2.45) is 0 Å². The second kappa shape index (κ2) is 6.59. The van der Waals surface area contributed by atoms with Gasteiger partial charge < -0.3 is 19.5 Å². The Morgan fingerprint density at radius 3 is 3.00 bits per heavy atom. The molecular formula is C13H17N3O5. The molecule has 0 spiro atoms. The fourth-order valence-electron chi connectivity index (χ4n) is 2.27. The summed E-state index contributed by atoms with van der Waals surface area (Å²) >= 11 is 0. The van der Waals surface area contributed by atoms with E-state index in [0.29, 0.717) is 18.1 Å². The van der Waals surface area contributed by atoms with Gasteiger partial charge in [0.15, 0.2) is 6.10 Å². The first-order valence-corrected chi connectivity index (χ1v) is 6.47. The highest BCUT2D eigenvalue weighted by Crippen LogP contribution is 2.29. The van der Waals surface area contributed by atoms with E-state index >= 15 is 0 Å². The second-order valence-corrected chi connectivity index (χ2v) is 4.62. The molecule has 0 saturated carbocycles. The number of rotatable bonds is 5. The van der Waals surface area contributed by atoms with Gasteiger partial charge in [-0.3, -0.25) is 4.79 Å². The highest BCUT2D eigenvalue weighted by atomic mass is 16.5. The molecule has 1 aromatic rings. The molecule has 8 nitrogen and oxygen atoms in total. The van der Waals surface area contributed by atoms with Crippen LogP contribution in [0.2, 0.25) is 0 Å². The number of aryl methyl sites for hydroxylation is 1. The van der Waals surface area contributed by atoms with Crippen LogP contribution in [0.5, 0.6) is 0 Å². The van der Waals surface area contributed by atoms with Gasteiger partial charge in [0.25, 0.3) is 0 Å². The SMILES string of the molecule is COCCN1C(=O)COC(C(=O)O)C1c1ccnc(C)n1. The number of hydrogen-bond acceptors (Lipinski definition) is 6. The summed E-state index contributed by atoms with van der Waals surface area (Å²) in [5.41, 5.74) is 0.444. The fraction of sp³-hybridized carbons (Fsp3) is 0.538. The number of morpholine rings is 1. The van der Waals surface area contributed by atoms with Gasteiger partial charge in [0.05, 0.1) is 12.3 Å². The van der Waals surface area contributed by atoms with Crippen LogP contribution in [0.25, 0.3) is 0 Å². The van der Waals surface area contributed by atoms with Crippen molar-refractivity contribution >= 4 is 11.9 Å². The molecule has 0 bridgehead atoms. The van der Waals surface area contributed by atoms with Crippen LogP contribution in [0.15, 0.2) is 12.3 Å². The molecule has 2 unspecified atom stereocenters. The maximum atomic E-state index is 12.0. The fourth-order valence-corrected chi connectivity index (χ4v) is 2.27. The summed E-state index contributed by atoms with van der Waals surface area (Å²) in [5.74, 6) is -0.918. The Morgan fingerprint density at radius 1 is 1.62 bits per heavy atom. The van der Waals surface area contributed by atoms with E-state index in [2.05, 4.69) is 9.97 Å². The zero-order chi connectivity index (χ0) is 15.4. The maximum absolute atomic E-state index is 12.0. The summed E-state index contributed by atoms with van der Waals surface area (Å²) in [6, 6.07) is 0.802. The summed E-state index contributed by atoms with van der Waals surface area (Å²) in [5, 5.41) is 9.33. The van der Waals surface area contributed by atoms with Crippen LogP contribution >= 0.6 is 0 Å². The van der Waals surface area contributed by atoms with Crippen molar-refractivity contribution in [1.29, 1.82) is 0 Å². The average Bonchev–Trinajstić information content (AvgIpc) is 2.45. The highest BCUT2D eigenvalue weighted by Gasteiger charge is 2.42. The number of carboxylic acid groups (broad SMARTS) is 1. The van der Waals surface area contributed by atoms with E-state index in [9.17, 15) is 14.7 Å². The normalized spacial score (nSPS) is 22.4. The monoisotopic (exact) mass is 295 g/mol. The molecule has 1 aliphatic rings. The Bertz CT molecular complexity index is 536. The molecule has 21 heavy (non-hydrogen) atoms. The topological polar surface area (TPSA) is 102 Å². The molecule has 1 saturated heterocycles. The standard InChI is InChI=1S/C13H17N3O5/c1-8-14-4-3-9(15-8)11-12(13(18)19)21-7-10(17)16(11)5-6-20-2/h3-4,11-12H,5-7H2,1-2H3,(H,18,19). The largest absolute Gasteiger partial charge is 0.479 e. The van der Waals surface area contributed by atoms with Gasteiger partial charge in [0.1, 0.15) is 18.5 Å². The van der Waals surface area contributed by atoms with Crippen LogP contribution in [-0.4, -0.2) is 64.8 Å². The number of aliphatic carboxylic acids is 1. The zero-order valence-corrected chi connectivity index (χ0v) is 11.9. The van der Waals surface area contributed by atoms with E-state index < -0.39 is 18.1 Å². The Morgan fingerprint density at radius 2 is 2.38 bits per heavy atom. The van der Waals surface area contributed by atoms with Crippen LogP contribution in [0.4, 0.5) is 0 Å². The molecule has 1 N–H and O–H groups in total. The first kappa shape index (κ1) is 15.3. The summed E-state index contributed by atoms with van der Waals surface area (Å²) in [6.45, 7) is 2.01. The quantitative estimate of drug-likeness (QED) is 0.801. The Balaban J connectivity index is 2.38. The molecule has 1 aromatic heterocycles. The third kappa shape index (κ3) is 3.34. The summed E-state index contributed by atoms with van der Waals surface area (Å²) in [6.07, 6.45) is 0.373. The molecule has 114 valence electrons. The number of ether oxygens (including phenoxy) is 2. The minimum Gasteiger partial charge on any atom is -0.479 e. The molecule has 0 radical (unpaired) electrons. The van der Waals surface area contributed by atoms with E-state index in [1.54, 1.807) is 13.0 Å². The third-order valence-electron chi connectivity index (χ3n) is 3.21. The van der Waals surface area contributed by atoms with Crippen LogP contribution in [0.1, 0.15) is 17.6 Å². The van der Waals surface area contributed by atoms with E-state index in [1.807, 2.05) is 0 Å². The molecule has 2 heterocycles. The number of carbonyl (C=O) groups excluding carboxylic acids is 1. The van der Waals surface area contributed by atoms with Crippen LogP contribution < -0.4 is 0 Å². The zero-order valence-electron chi connectivity index (χ0n) is 11.9. The van der Waals surface area contributed by atoms with Crippen molar-refractivity contribution in [3.8, 4) is 0 Å². The lowest BCUT2D eigenvalue weighted by molar-refractivity contribution is -0.174. The lowest BCUT2D eigenvalue weighted by atomic mass is 10.0. The van der Waals surface area contributed by atoms with Gasteiger partial charge in [0.2, 0.25) is 5.91 Å². The predicted molar refractivity (Wildman–Crippen MR) is 70.5 cm³/mol. The molecule has 1 aliphatic heterocycles. The number of amides is 1. The Hall–Kier alpha value is -2.06.